The van der Waals surface area contributed by atoms with Crippen LogP contribution in [0.3, 0.4) is 0 Å². The fraction of sp³-hybridized carbons (Fsp3) is 0.333. The molecule has 0 spiro atoms. The van der Waals surface area contributed by atoms with E-state index in [1.54, 1.807) is 0 Å². The number of amides is 2. The second-order valence-electron chi connectivity index (χ2n) is 6.92. The number of fused-ring (bicyclic) bond motifs is 1. The second-order valence-corrected chi connectivity index (χ2v) is 7.84. The molecule has 1 aliphatic heterocycles. The van der Waals surface area contributed by atoms with Crippen molar-refractivity contribution in [2.75, 3.05) is 19.0 Å². The van der Waals surface area contributed by atoms with Crippen LogP contribution < -0.4 is 5.32 Å². The average molecular weight is 431 g/mol. The highest BCUT2D eigenvalue weighted by Gasteiger charge is 2.37. The Kier molecular flexibility index (Phi) is 5.56. The largest absolute Gasteiger partial charge is 0.453 e. The summed E-state index contributed by atoms with van der Waals surface area (Å²) in [6.07, 6.45) is 0.183. The Hall–Kier alpha value is -2.34. The van der Waals surface area contributed by atoms with E-state index in [1.807, 2.05) is 51.1 Å². The number of halogens is 1. The Balaban J connectivity index is 2.02. The van der Waals surface area contributed by atoms with Crippen molar-refractivity contribution < 1.29 is 14.3 Å². The molecule has 3 rings (SSSR count). The maximum Gasteiger partial charge on any atom is 0.410 e. The number of ether oxygens (including phenoxy) is 1. The summed E-state index contributed by atoms with van der Waals surface area (Å²) in [5.41, 5.74) is 5.81. The molecule has 1 atom stereocenters. The van der Waals surface area contributed by atoms with Gasteiger partial charge in [-0.1, -0.05) is 39.7 Å². The van der Waals surface area contributed by atoms with E-state index in [9.17, 15) is 9.59 Å². The van der Waals surface area contributed by atoms with Gasteiger partial charge in [0.05, 0.1) is 7.11 Å². The Labute approximate surface area is 167 Å². The first-order chi connectivity index (χ1) is 12.8. The first-order valence-corrected chi connectivity index (χ1v) is 9.62. The fourth-order valence-corrected chi connectivity index (χ4v) is 4.13. The number of nitrogens with zero attached hydrogens (tertiary/aromatic N) is 1. The van der Waals surface area contributed by atoms with Gasteiger partial charge in [0.2, 0.25) is 0 Å². The van der Waals surface area contributed by atoms with Gasteiger partial charge in [-0.15, -0.1) is 0 Å². The zero-order valence-electron chi connectivity index (χ0n) is 15.9. The highest BCUT2D eigenvalue weighted by Crippen LogP contribution is 2.34. The van der Waals surface area contributed by atoms with Gasteiger partial charge in [-0.25, -0.2) is 4.79 Å². The monoisotopic (exact) mass is 430 g/mol. The summed E-state index contributed by atoms with van der Waals surface area (Å²) >= 11 is 3.47. The lowest BCUT2D eigenvalue weighted by Gasteiger charge is -2.35. The molecule has 6 heteroatoms. The smallest absolute Gasteiger partial charge is 0.410 e. The van der Waals surface area contributed by atoms with Gasteiger partial charge in [-0.3, -0.25) is 9.69 Å². The number of carbonyl (C=O) groups is 2. The van der Waals surface area contributed by atoms with Gasteiger partial charge in [0.25, 0.3) is 5.91 Å². The molecule has 2 aromatic carbocycles. The van der Waals surface area contributed by atoms with E-state index in [1.165, 1.54) is 12.0 Å². The van der Waals surface area contributed by atoms with Crippen LogP contribution in [-0.2, 0) is 16.0 Å². The van der Waals surface area contributed by atoms with Crippen LogP contribution in [0.2, 0.25) is 0 Å². The first kappa shape index (κ1) is 19.4. The highest BCUT2D eigenvalue weighted by molar-refractivity contribution is 9.10. The summed E-state index contributed by atoms with van der Waals surface area (Å²) in [4.78, 5) is 27.1. The van der Waals surface area contributed by atoms with Crippen molar-refractivity contribution in [3.05, 3.63) is 62.6 Å². The van der Waals surface area contributed by atoms with E-state index in [4.69, 9.17) is 4.74 Å². The molecule has 2 amide bonds. The summed E-state index contributed by atoms with van der Waals surface area (Å²) in [5, 5.41) is 3.04. The quantitative estimate of drug-likeness (QED) is 0.752. The van der Waals surface area contributed by atoms with Crippen LogP contribution in [0.5, 0.6) is 0 Å². The Morgan fingerprint density at radius 2 is 1.81 bits per heavy atom. The topological polar surface area (TPSA) is 58.6 Å². The summed E-state index contributed by atoms with van der Waals surface area (Å²) in [5.74, 6) is -0.241. The van der Waals surface area contributed by atoms with Crippen LogP contribution in [0, 0.1) is 20.8 Å². The second kappa shape index (κ2) is 7.72. The summed E-state index contributed by atoms with van der Waals surface area (Å²) < 4.78 is 5.79. The Morgan fingerprint density at radius 1 is 1.15 bits per heavy atom. The van der Waals surface area contributed by atoms with Gasteiger partial charge in [0.1, 0.15) is 6.04 Å². The van der Waals surface area contributed by atoms with Gasteiger partial charge >= 0.3 is 6.09 Å². The van der Waals surface area contributed by atoms with Crippen molar-refractivity contribution >= 4 is 33.6 Å². The molecule has 0 unspecified atom stereocenters. The van der Waals surface area contributed by atoms with Crippen LogP contribution >= 0.6 is 15.9 Å². The van der Waals surface area contributed by atoms with Gasteiger partial charge in [0.15, 0.2) is 0 Å². The minimum Gasteiger partial charge on any atom is -0.453 e. The third-order valence-electron chi connectivity index (χ3n) is 4.92. The molecule has 2 aromatic rings. The molecule has 0 bridgehead atoms. The first-order valence-electron chi connectivity index (χ1n) is 8.83. The number of aryl methyl sites for hydroxylation is 3. The lowest BCUT2D eigenvalue weighted by Crippen LogP contribution is -2.45. The molecule has 0 radical (unpaired) electrons. The lowest BCUT2D eigenvalue weighted by molar-refractivity contribution is -0.121. The predicted molar refractivity (Wildman–Crippen MR) is 109 cm³/mol. The molecule has 142 valence electrons. The number of hydrogen-bond acceptors (Lipinski definition) is 3. The number of hydrogen-bond donors (Lipinski definition) is 1. The molecule has 5 nitrogen and oxygen atoms in total. The van der Waals surface area contributed by atoms with E-state index in [2.05, 4.69) is 21.2 Å². The van der Waals surface area contributed by atoms with E-state index in [0.29, 0.717) is 13.0 Å². The maximum absolute atomic E-state index is 13.3. The van der Waals surface area contributed by atoms with Gasteiger partial charge < -0.3 is 10.1 Å². The van der Waals surface area contributed by atoms with Crippen molar-refractivity contribution in [2.45, 2.75) is 33.2 Å². The normalized spacial score (nSPS) is 15.9. The molecule has 0 aromatic heterocycles. The molecular weight excluding hydrogens is 408 g/mol. The summed E-state index contributed by atoms with van der Waals surface area (Å²) in [6.45, 7) is 6.41. The molecule has 1 aliphatic rings. The number of carbonyl (C=O) groups excluding carboxylic acids is 2. The lowest BCUT2D eigenvalue weighted by atomic mass is 9.92. The minimum atomic E-state index is -0.737. The van der Waals surface area contributed by atoms with E-state index in [0.717, 1.165) is 38.0 Å². The third kappa shape index (κ3) is 3.86. The van der Waals surface area contributed by atoms with E-state index >= 15 is 0 Å². The van der Waals surface area contributed by atoms with E-state index in [-0.39, 0.29) is 5.91 Å². The van der Waals surface area contributed by atoms with Crippen molar-refractivity contribution in [3.63, 3.8) is 0 Å². The van der Waals surface area contributed by atoms with Gasteiger partial charge in [-0.05, 0) is 61.6 Å². The van der Waals surface area contributed by atoms with Gasteiger partial charge in [0, 0.05) is 16.7 Å². The Bertz CT molecular complexity index is 887. The summed E-state index contributed by atoms with van der Waals surface area (Å²) in [6, 6.07) is 9.19. The van der Waals surface area contributed by atoms with E-state index < -0.39 is 12.1 Å². The van der Waals surface area contributed by atoms with Gasteiger partial charge in [-0.2, -0.15) is 0 Å². The van der Waals surface area contributed by atoms with Crippen LogP contribution in [-0.4, -0.2) is 30.6 Å². The number of rotatable bonds is 2. The number of benzene rings is 2. The average Bonchev–Trinajstić information content (AvgIpc) is 2.62. The fourth-order valence-electron chi connectivity index (χ4n) is 3.75. The molecule has 0 fully saturated rings. The zero-order valence-corrected chi connectivity index (χ0v) is 17.5. The van der Waals surface area contributed by atoms with Crippen molar-refractivity contribution in [1.29, 1.82) is 0 Å². The predicted octanol–water partition coefficient (Wildman–Crippen LogP) is 4.68. The van der Waals surface area contributed by atoms with Crippen molar-refractivity contribution in [3.8, 4) is 0 Å². The van der Waals surface area contributed by atoms with Crippen LogP contribution in [0.1, 0.15) is 33.9 Å². The molecule has 0 saturated heterocycles. The van der Waals surface area contributed by atoms with Crippen molar-refractivity contribution in [1.82, 2.24) is 4.90 Å². The third-order valence-corrected chi connectivity index (χ3v) is 5.41. The summed E-state index contributed by atoms with van der Waals surface area (Å²) in [7, 11) is 1.34. The number of methoxy groups -OCH3 is 1. The maximum atomic E-state index is 13.3. The number of anilines is 1. The Morgan fingerprint density at radius 3 is 2.44 bits per heavy atom. The van der Waals surface area contributed by atoms with Crippen LogP contribution in [0.15, 0.2) is 34.8 Å². The molecule has 0 aliphatic carbocycles. The highest BCUT2D eigenvalue weighted by atomic mass is 79.9. The molecule has 1 heterocycles. The van der Waals surface area contributed by atoms with Crippen LogP contribution in [0.4, 0.5) is 10.5 Å². The zero-order chi connectivity index (χ0) is 19.7. The number of nitrogens with one attached hydrogen (secondary N) is 1. The standard InChI is InChI=1S/C21H23BrN2O3/c1-12-9-13(2)18(14(3)10-12)23-20(25)19-17-11-16(22)6-5-15(17)7-8-24(19)21(26)27-4/h5-6,9-11,19H,7-8H2,1-4H3,(H,23,25)/t19-/m0/s1. The molecule has 0 saturated carbocycles. The molecular formula is C21H23BrN2O3. The van der Waals surface area contributed by atoms with Crippen molar-refractivity contribution in [2.24, 2.45) is 0 Å². The van der Waals surface area contributed by atoms with Crippen LogP contribution in [0.25, 0.3) is 0 Å². The minimum absolute atomic E-state index is 0.241. The SMILES string of the molecule is COC(=O)N1CCc2ccc(Br)cc2[C@H]1C(=O)Nc1c(C)cc(C)cc1C. The molecule has 1 N–H and O–H groups in total. The molecule has 27 heavy (non-hydrogen) atoms.